The number of amides is 3. The van der Waals surface area contributed by atoms with E-state index in [1.165, 1.54) is 19.3 Å². The Kier molecular flexibility index (Phi) is 6.63. The van der Waals surface area contributed by atoms with E-state index in [-0.39, 0.29) is 29.5 Å². The number of hydrogen-bond donors (Lipinski definition) is 2. The molecule has 0 unspecified atom stereocenters. The first kappa shape index (κ1) is 21.3. The average Bonchev–Trinajstić information content (AvgIpc) is 3.01. The molecule has 2 N–H and O–H groups in total. The number of carbonyl (C=O) groups is 3. The van der Waals surface area contributed by atoms with Crippen molar-refractivity contribution in [3.8, 4) is 17.2 Å². The Balaban J connectivity index is 1.62. The molecule has 2 aromatic rings. The number of hydrogen-bond acceptors (Lipinski definition) is 7. The van der Waals surface area contributed by atoms with Crippen LogP contribution in [0.1, 0.15) is 11.1 Å². The van der Waals surface area contributed by atoms with Crippen LogP contribution in [0, 0.1) is 0 Å². The van der Waals surface area contributed by atoms with Gasteiger partial charge in [-0.1, -0.05) is 18.2 Å². The van der Waals surface area contributed by atoms with Crippen LogP contribution in [0.2, 0.25) is 0 Å². The minimum Gasteiger partial charge on any atom is -0.504 e. The SMILES string of the molecule is COc1ccc(CNC(=O)CN2C(=O)S/C(=C\c3ccc(O)c(OC)c3)C2=O)cc1. The molecule has 3 rings (SSSR count). The summed E-state index contributed by atoms with van der Waals surface area (Å²) in [6.45, 7) is -0.0980. The van der Waals surface area contributed by atoms with Gasteiger partial charge in [0.15, 0.2) is 11.5 Å². The van der Waals surface area contributed by atoms with E-state index < -0.39 is 17.1 Å². The zero-order valence-electron chi connectivity index (χ0n) is 16.4. The van der Waals surface area contributed by atoms with Gasteiger partial charge in [-0.3, -0.25) is 19.3 Å². The molecule has 2 aromatic carbocycles. The molecule has 1 aliphatic heterocycles. The summed E-state index contributed by atoms with van der Waals surface area (Å²) >= 11 is 0.756. The Hall–Kier alpha value is -3.46. The van der Waals surface area contributed by atoms with Crippen molar-refractivity contribution < 1.29 is 29.0 Å². The van der Waals surface area contributed by atoms with Gasteiger partial charge in [-0.2, -0.15) is 0 Å². The lowest BCUT2D eigenvalue weighted by atomic mass is 10.2. The number of carbonyl (C=O) groups excluding carboxylic acids is 3. The van der Waals surface area contributed by atoms with Crippen molar-refractivity contribution in [2.75, 3.05) is 20.8 Å². The second-order valence-electron chi connectivity index (χ2n) is 6.32. The summed E-state index contributed by atoms with van der Waals surface area (Å²) in [4.78, 5) is 38.1. The van der Waals surface area contributed by atoms with Gasteiger partial charge in [0.25, 0.3) is 11.1 Å². The quantitative estimate of drug-likeness (QED) is 0.654. The lowest BCUT2D eigenvalue weighted by Crippen LogP contribution is -2.39. The van der Waals surface area contributed by atoms with E-state index in [9.17, 15) is 19.5 Å². The van der Waals surface area contributed by atoms with Gasteiger partial charge in [-0.05, 0) is 53.2 Å². The number of rotatable bonds is 7. The largest absolute Gasteiger partial charge is 0.504 e. The average molecular weight is 428 g/mol. The van der Waals surface area contributed by atoms with Crippen molar-refractivity contribution in [3.63, 3.8) is 0 Å². The van der Waals surface area contributed by atoms with Crippen LogP contribution in [0.25, 0.3) is 6.08 Å². The molecule has 0 radical (unpaired) electrons. The van der Waals surface area contributed by atoms with Gasteiger partial charge in [0, 0.05) is 6.54 Å². The van der Waals surface area contributed by atoms with Crippen LogP contribution >= 0.6 is 11.8 Å². The van der Waals surface area contributed by atoms with Crippen molar-refractivity contribution in [2.45, 2.75) is 6.54 Å². The van der Waals surface area contributed by atoms with Crippen LogP contribution in [0.5, 0.6) is 17.2 Å². The third-order valence-electron chi connectivity index (χ3n) is 4.33. The summed E-state index contributed by atoms with van der Waals surface area (Å²) in [5, 5.41) is 11.8. The van der Waals surface area contributed by atoms with Gasteiger partial charge in [0.1, 0.15) is 12.3 Å². The summed E-state index contributed by atoms with van der Waals surface area (Å²) in [5.41, 5.74) is 1.44. The van der Waals surface area contributed by atoms with E-state index in [0.717, 1.165) is 22.2 Å². The first-order valence-electron chi connectivity index (χ1n) is 8.93. The summed E-state index contributed by atoms with van der Waals surface area (Å²) in [5.74, 6) is -0.0598. The molecule has 1 aliphatic rings. The predicted molar refractivity (Wildman–Crippen MR) is 112 cm³/mol. The highest BCUT2D eigenvalue weighted by molar-refractivity contribution is 8.18. The molecule has 1 heterocycles. The van der Waals surface area contributed by atoms with Gasteiger partial charge >= 0.3 is 0 Å². The second-order valence-corrected chi connectivity index (χ2v) is 7.32. The van der Waals surface area contributed by atoms with E-state index in [1.807, 2.05) is 12.1 Å². The topological polar surface area (TPSA) is 105 Å². The van der Waals surface area contributed by atoms with Crippen LogP contribution in [0.4, 0.5) is 4.79 Å². The molecule has 0 bridgehead atoms. The van der Waals surface area contributed by atoms with Crippen molar-refractivity contribution in [1.29, 1.82) is 0 Å². The lowest BCUT2D eigenvalue weighted by Gasteiger charge is -2.12. The second kappa shape index (κ2) is 9.36. The highest BCUT2D eigenvalue weighted by Crippen LogP contribution is 2.34. The summed E-state index contributed by atoms with van der Waals surface area (Å²) in [6.07, 6.45) is 1.52. The monoisotopic (exact) mass is 428 g/mol. The van der Waals surface area contributed by atoms with Crippen LogP contribution < -0.4 is 14.8 Å². The Morgan fingerprint density at radius 2 is 1.87 bits per heavy atom. The highest BCUT2D eigenvalue weighted by atomic mass is 32.2. The van der Waals surface area contributed by atoms with Crippen molar-refractivity contribution >= 4 is 34.9 Å². The molecule has 1 fully saturated rings. The molecule has 3 amide bonds. The van der Waals surface area contributed by atoms with E-state index in [0.29, 0.717) is 11.3 Å². The molecule has 1 saturated heterocycles. The molecule has 30 heavy (non-hydrogen) atoms. The van der Waals surface area contributed by atoms with Crippen LogP contribution in [-0.4, -0.2) is 47.8 Å². The van der Waals surface area contributed by atoms with Crippen LogP contribution in [-0.2, 0) is 16.1 Å². The highest BCUT2D eigenvalue weighted by Gasteiger charge is 2.36. The van der Waals surface area contributed by atoms with Gasteiger partial charge in [0.05, 0.1) is 19.1 Å². The van der Waals surface area contributed by atoms with E-state index in [1.54, 1.807) is 31.4 Å². The van der Waals surface area contributed by atoms with E-state index in [4.69, 9.17) is 9.47 Å². The Morgan fingerprint density at radius 1 is 1.13 bits per heavy atom. The van der Waals surface area contributed by atoms with Gasteiger partial charge in [0.2, 0.25) is 5.91 Å². The summed E-state index contributed by atoms with van der Waals surface area (Å²) in [7, 11) is 2.98. The maximum absolute atomic E-state index is 12.6. The maximum atomic E-state index is 12.6. The summed E-state index contributed by atoms with van der Waals surface area (Å²) < 4.78 is 10.1. The minimum atomic E-state index is -0.545. The molecule has 8 nitrogen and oxygen atoms in total. The number of imide groups is 1. The first-order valence-corrected chi connectivity index (χ1v) is 9.75. The number of benzene rings is 2. The van der Waals surface area contributed by atoms with Crippen molar-refractivity contribution in [1.82, 2.24) is 10.2 Å². The standard InChI is InChI=1S/C21H20N2O6S/c1-28-15-6-3-13(4-7-15)11-22-19(25)12-23-20(26)18(30-21(23)27)10-14-5-8-16(24)17(9-14)29-2/h3-10,24H,11-12H2,1-2H3,(H,22,25)/b18-10-. The van der Waals surface area contributed by atoms with Crippen molar-refractivity contribution in [2.24, 2.45) is 0 Å². The van der Waals surface area contributed by atoms with E-state index in [2.05, 4.69) is 5.32 Å². The lowest BCUT2D eigenvalue weighted by molar-refractivity contribution is -0.129. The number of ether oxygens (including phenoxy) is 2. The Labute approximate surface area is 177 Å². The number of nitrogens with one attached hydrogen (secondary N) is 1. The van der Waals surface area contributed by atoms with Crippen LogP contribution in [0.15, 0.2) is 47.4 Å². The molecule has 0 atom stereocenters. The molecule has 0 aromatic heterocycles. The smallest absolute Gasteiger partial charge is 0.294 e. The fourth-order valence-corrected chi connectivity index (χ4v) is 3.55. The third-order valence-corrected chi connectivity index (χ3v) is 5.23. The molecule has 156 valence electrons. The third kappa shape index (κ3) is 4.93. The summed E-state index contributed by atoms with van der Waals surface area (Å²) in [6, 6.07) is 11.8. The molecule has 9 heteroatoms. The zero-order chi connectivity index (χ0) is 21.7. The number of aromatic hydroxyl groups is 1. The van der Waals surface area contributed by atoms with Gasteiger partial charge in [-0.25, -0.2) is 0 Å². The Morgan fingerprint density at radius 3 is 2.53 bits per heavy atom. The van der Waals surface area contributed by atoms with Gasteiger partial charge in [-0.15, -0.1) is 0 Å². The molecule has 0 saturated carbocycles. The fraction of sp³-hybridized carbons (Fsp3) is 0.190. The molecule has 0 spiro atoms. The van der Waals surface area contributed by atoms with E-state index >= 15 is 0 Å². The van der Waals surface area contributed by atoms with Gasteiger partial charge < -0.3 is 19.9 Å². The minimum absolute atomic E-state index is 0.0312. The number of phenolic OH excluding ortho intramolecular Hbond substituents is 1. The number of nitrogens with zero attached hydrogens (tertiary/aromatic N) is 1. The fourth-order valence-electron chi connectivity index (χ4n) is 2.72. The van der Waals surface area contributed by atoms with Crippen LogP contribution in [0.3, 0.4) is 0 Å². The molecular formula is C21H20N2O6S. The van der Waals surface area contributed by atoms with Crippen molar-refractivity contribution in [3.05, 3.63) is 58.5 Å². The zero-order valence-corrected chi connectivity index (χ0v) is 17.2. The first-order chi connectivity index (χ1) is 14.4. The maximum Gasteiger partial charge on any atom is 0.294 e. The Bertz CT molecular complexity index is 1000. The molecular weight excluding hydrogens is 408 g/mol. The normalized spacial score (nSPS) is 14.9. The number of phenols is 1. The molecule has 0 aliphatic carbocycles. The number of thioether (sulfide) groups is 1. The number of methoxy groups -OCH3 is 2. The predicted octanol–water partition coefficient (Wildman–Crippen LogP) is 2.76.